The monoisotopic (exact) mass is 523 g/mol. The lowest BCUT2D eigenvalue weighted by Crippen LogP contribution is -2.34. The van der Waals surface area contributed by atoms with Gasteiger partial charge in [-0.25, -0.2) is 13.9 Å². The average Bonchev–Trinajstić information content (AvgIpc) is 3.19. The van der Waals surface area contributed by atoms with E-state index in [9.17, 15) is 24.1 Å². The Morgan fingerprint density at radius 2 is 1.82 bits per heavy atom. The highest BCUT2D eigenvalue weighted by atomic mass is 19.1. The molecule has 0 aliphatic rings. The van der Waals surface area contributed by atoms with E-state index in [0.29, 0.717) is 24.5 Å². The predicted molar refractivity (Wildman–Crippen MR) is 137 cm³/mol. The lowest BCUT2D eigenvalue weighted by Gasteiger charge is -2.19. The lowest BCUT2D eigenvalue weighted by atomic mass is 10.2. The average molecular weight is 524 g/mol. The third-order valence-electron chi connectivity index (χ3n) is 5.01. The van der Waals surface area contributed by atoms with Gasteiger partial charge in [0.1, 0.15) is 23.2 Å². The van der Waals surface area contributed by atoms with E-state index in [4.69, 9.17) is 10.00 Å². The van der Waals surface area contributed by atoms with Gasteiger partial charge in [-0.05, 0) is 70.2 Å². The number of aromatic nitrogens is 2. The second kappa shape index (κ2) is 11.4. The van der Waals surface area contributed by atoms with Crippen LogP contribution in [0.5, 0.6) is 0 Å². The minimum absolute atomic E-state index is 0.0254. The van der Waals surface area contributed by atoms with Gasteiger partial charge in [0.05, 0.1) is 16.2 Å². The quantitative estimate of drug-likeness (QED) is 0.224. The second-order valence-electron chi connectivity index (χ2n) is 9.11. The molecule has 38 heavy (non-hydrogen) atoms. The van der Waals surface area contributed by atoms with Gasteiger partial charge in [-0.1, -0.05) is 0 Å². The summed E-state index contributed by atoms with van der Waals surface area (Å²) in [5.74, 6) is -1.59. The fourth-order valence-corrected chi connectivity index (χ4v) is 3.41. The maximum absolute atomic E-state index is 13.8. The summed E-state index contributed by atoms with van der Waals surface area (Å²) in [6.45, 7) is 7.41. The molecule has 1 aromatic heterocycles. The Morgan fingerprint density at radius 3 is 2.42 bits per heavy atom. The van der Waals surface area contributed by atoms with Crippen LogP contribution in [0.1, 0.15) is 42.5 Å². The minimum Gasteiger partial charge on any atom is -0.444 e. The number of nitro groups is 1. The van der Waals surface area contributed by atoms with Crippen LogP contribution in [0.15, 0.2) is 42.5 Å². The molecule has 2 aromatic carbocycles. The zero-order chi connectivity index (χ0) is 28.0. The van der Waals surface area contributed by atoms with E-state index in [1.165, 1.54) is 13.0 Å². The SMILES string of the molecule is Cc1nn(-c2ccc(F)c(C#N)c2)c(C(=O)Nc2ccc(NCCNC(=O)OC(C)(C)C)cc2)c1[N+](=O)[O-]. The highest BCUT2D eigenvalue weighted by Crippen LogP contribution is 2.28. The number of benzene rings is 2. The molecule has 0 aliphatic carbocycles. The van der Waals surface area contributed by atoms with Crippen molar-refractivity contribution in [3.8, 4) is 11.8 Å². The minimum atomic E-state index is -0.817. The van der Waals surface area contributed by atoms with Crippen molar-refractivity contribution in [2.24, 2.45) is 0 Å². The molecular weight excluding hydrogens is 497 g/mol. The lowest BCUT2D eigenvalue weighted by molar-refractivity contribution is -0.385. The molecule has 0 unspecified atom stereocenters. The summed E-state index contributed by atoms with van der Waals surface area (Å²) in [7, 11) is 0. The number of nitrogens with zero attached hydrogens (tertiary/aromatic N) is 4. The number of amides is 2. The van der Waals surface area contributed by atoms with E-state index in [2.05, 4.69) is 21.0 Å². The van der Waals surface area contributed by atoms with Crippen molar-refractivity contribution in [1.29, 1.82) is 5.26 Å². The van der Waals surface area contributed by atoms with E-state index < -0.39 is 34.0 Å². The molecule has 198 valence electrons. The molecule has 0 bridgehead atoms. The van der Waals surface area contributed by atoms with E-state index in [0.717, 1.165) is 16.8 Å². The molecule has 0 spiro atoms. The van der Waals surface area contributed by atoms with E-state index in [1.807, 2.05) is 0 Å². The van der Waals surface area contributed by atoms with Crippen LogP contribution in [-0.2, 0) is 4.74 Å². The first-order chi connectivity index (χ1) is 17.9. The Balaban J connectivity index is 1.72. The topological polar surface area (TPSA) is 164 Å². The van der Waals surface area contributed by atoms with E-state index in [1.54, 1.807) is 51.1 Å². The molecule has 3 N–H and O–H groups in total. The number of halogens is 1. The number of hydrogen-bond acceptors (Lipinski definition) is 8. The standard InChI is InChI=1S/C25H26FN7O5/c1-15-21(33(36)37)22(32(31-15)19-9-10-20(26)16(13-19)14-27)23(34)30-18-7-5-17(6-8-18)28-11-12-29-24(35)38-25(2,3)4/h5-10,13,28H,11-12H2,1-4H3,(H,29,35)(H,30,34). The van der Waals surface area contributed by atoms with Crippen LogP contribution in [0.25, 0.3) is 5.69 Å². The molecule has 3 aromatic rings. The molecule has 0 saturated heterocycles. The largest absolute Gasteiger partial charge is 0.444 e. The number of carbonyl (C=O) groups excluding carboxylic acids is 2. The van der Waals surface area contributed by atoms with E-state index >= 15 is 0 Å². The molecule has 0 atom stereocenters. The van der Waals surface area contributed by atoms with Crippen LogP contribution >= 0.6 is 0 Å². The molecule has 0 aliphatic heterocycles. The maximum atomic E-state index is 13.8. The van der Waals surface area contributed by atoms with Gasteiger partial charge < -0.3 is 20.7 Å². The fourth-order valence-electron chi connectivity index (χ4n) is 3.41. The summed E-state index contributed by atoms with van der Waals surface area (Å²) >= 11 is 0. The molecule has 0 fully saturated rings. The van der Waals surface area contributed by atoms with Crippen LogP contribution in [0.3, 0.4) is 0 Å². The molecule has 0 radical (unpaired) electrons. The number of alkyl carbamates (subject to hydrolysis) is 1. The number of aryl methyl sites for hydroxylation is 1. The van der Waals surface area contributed by atoms with Crippen molar-refractivity contribution in [2.45, 2.75) is 33.3 Å². The highest BCUT2D eigenvalue weighted by molar-refractivity contribution is 6.06. The smallest absolute Gasteiger partial charge is 0.407 e. The molecule has 3 rings (SSSR count). The number of anilines is 2. The summed E-state index contributed by atoms with van der Waals surface area (Å²) < 4.78 is 20.0. The third kappa shape index (κ3) is 6.82. The molecule has 2 amide bonds. The van der Waals surface area contributed by atoms with Gasteiger partial charge in [0.25, 0.3) is 5.91 Å². The van der Waals surface area contributed by atoms with Crippen molar-refractivity contribution < 1.29 is 23.6 Å². The molecule has 0 saturated carbocycles. The molecule has 13 heteroatoms. The first-order valence-corrected chi connectivity index (χ1v) is 11.5. The van der Waals surface area contributed by atoms with E-state index in [-0.39, 0.29) is 22.6 Å². The second-order valence-corrected chi connectivity index (χ2v) is 9.11. The highest BCUT2D eigenvalue weighted by Gasteiger charge is 2.31. The third-order valence-corrected chi connectivity index (χ3v) is 5.01. The number of hydrogen-bond donors (Lipinski definition) is 3. The van der Waals surface area contributed by atoms with Crippen molar-refractivity contribution >= 4 is 29.1 Å². The van der Waals surface area contributed by atoms with Gasteiger partial charge >= 0.3 is 11.8 Å². The van der Waals surface area contributed by atoms with Crippen LogP contribution in [0, 0.1) is 34.2 Å². The Morgan fingerprint density at radius 1 is 1.16 bits per heavy atom. The van der Waals surface area contributed by atoms with Crippen molar-refractivity contribution in [3.05, 3.63) is 75.3 Å². The first-order valence-electron chi connectivity index (χ1n) is 11.5. The first kappa shape index (κ1) is 27.6. The maximum Gasteiger partial charge on any atom is 0.407 e. The van der Waals surface area contributed by atoms with Crippen LogP contribution < -0.4 is 16.0 Å². The van der Waals surface area contributed by atoms with Gasteiger partial charge in [0.15, 0.2) is 0 Å². The van der Waals surface area contributed by atoms with Crippen molar-refractivity contribution in [2.75, 3.05) is 23.7 Å². The van der Waals surface area contributed by atoms with Gasteiger partial charge in [-0.15, -0.1) is 0 Å². The fraction of sp³-hybridized carbons (Fsp3) is 0.280. The Bertz CT molecular complexity index is 1410. The summed E-state index contributed by atoms with van der Waals surface area (Å²) in [6, 6.07) is 11.7. The zero-order valence-electron chi connectivity index (χ0n) is 21.2. The number of carbonyl (C=O) groups is 2. The van der Waals surface area contributed by atoms with Crippen LogP contribution in [-0.4, -0.2) is 45.4 Å². The number of nitrogens with one attached hydrogen (secondary N) is 3. The summed E-state index contributed by atoms with van der Waals surface area (Å²) in [5, 5.41) is 33.3. The zero-order valence-corrected chi connectivity index (χ0v) is 21.2. The van der Waals surface area contributed by atoms with Crippen molar-refractivity contribution in [3.63, 3.8) is 0 Å². The summed E-state index contributed by atoms with van der Waals surface area (Å²) in [6.07, 6.45) is -0.523. The van der Waals surface area contributed by atoms with Gasteiger partial charge in [-0.2, -0.15) is 10.4 Å². The van der Waals surface area contributed by atoms with Gasteiger partial charge in [0, 0.05) is 24.5 Å². The van der Waals surface area contributed by atoms with Crippen LogP contribution in [0.4, 0.5) is 26.2 Å². The number of ether oxygens (including phenoxy) is 1. The number of rotatable bonds is 8. The van der Waals surface area contributed by atoms with Gasteiger partial charge in [-0.3, -0.25) is 14.9 Å². The Kier molecular flexibility index (Phi) is 8.26. The normalized spacial score (nSPS) is 10.8. The van der Waals surface area contributed by atoms with Crippen molar-refractivity contribution in [1.82, 2.24) is 15.1 Å². The predicted octanol–water partition coefficient (Wildman–Crippen LogP) is 4.29. The molecule has 12 nitrogen and oxygen atoms in total. The number of nitriles is 1. The molecule has 1 heterocycles. The summed E-state index contributed by atoms with van der Waals surface area (Å²) in [4.78, 5) is 35.8. The molecular formula is C25H26FN7O5. The summed E-state index contributed by atoms with van der Waals surface area (Å²) in [5.41, 5.74) is -0.632. The Hall–Kier alpha value is -4.99. The Labute approximate surface area is 217 Å². The van der Waals surface area contributed by atoms with Crippen LogP contribution in [0.2, 0.25) is 0 Å². The van der Waals surface area contributed by atoms with Gasteiger partial charge in [0.2, 0.25) is 5.69 Å².